The Hall–Kier alpha value is -2.79. The Labute approximate surface area is 175 Å². The Bertz CT molecular complexity index is 1040. The van der Waals surface area contributed by atoms with Crippen LogP contribution in [0, 0.1) is 13.8 Å². The van der Waals surface area contributed by atoms with Crippen LogP contribution in [0.4, 0.5) is 0 Å². The molecule has 0 saturated carbocycles. The van der Waals surface area contributed by atoms with Gasteiger partial charge in [-0.05, 0) is 37.1 Å². The highest BCUT2D eigenvalue weighted by atomic mass is 35.5. The average Bonchev–Trinajstić information content (AvgIpc) is 3.25. The lowest BCUT2D eigenvalue weighted by Crippen LogP contribution is -2.38. The lowest BCUT2D eigenvalue weighted by atomic mass is 10.1. The largest absolute Gasteiger partial charge is 0.480 e. The summed E-state index contributed by atoms with van der Waals surface area (Å²) in [4.78, 5) is 14.7. The number of aromatic nitrogens is 2. The summed E-state index contributed by atoms with van der Waals surface area (Å²) in [5.74, 6) is 0.790. The van der Waals surface area contributed by atoms with Crippen molar-refractivity contribution in [2.45, 2.75) is 39.5 Å². The van der Waals surface area contributed by atoms with Crippen LogP contribution in [0.5, 0.6) is 5.75 Å². The zero-order valence-electron chi connectivity index (χ0n) is 16.9. The molecule has 0 fully saturated rings. The third-order valence-corrected chi connectivity index (χ3v) is 5.87. The van der Waals surface area contributed by atoms with Crippen LogP contribution < -0.4 is 4.74 Å². The summed E-state index contributed by atoms with van der Waals surface area (Å²) >= 11 is 6.30. The van der Waals surface area contributed by atoms with Crippen molar-refractivity contribution in [2.75, 3.05) is 7.05 Å². The van der Waals surface area contributed by atoms with E-state index in [1.807, 2.05) is 74.1 Å². The normalized spacial score (nSPS) is 15.1. The van der Waals surface area contributed by atoms with E-state index in [9.17, 15) is 4.79 Å². The van der Waals surface area contributed by atoms with Gasteiger partial charge >= 0.3 is 0 Å². The molecule has 0 aliphatic carbocycles. The van der Waals surface area contributed by atoms with Crippen molar-refractivity contribution in [3.05, 3.63) is 81.6 Å². The SMILES string of the molecule is Cc1nn(Cc2ccccc2Cl)c(C)c1CN(C)C(=O)[C@H]1Cc2ccccc2O1. The lowest BCUT2D eigenvalue weighted by molar-refractivity contribution is -0.137. The second kappa shape index (κ2) is 7.91. The number of benzene rings is 2. The van der Waals surface area contributed by atoms with E-state index in [-0.39, 0.29) is 5.91 Å². The summed E-state index contributed by atoms with van der Waals surface area (Å²) in [5, 5.41) is 5.41. The van der Waals surface area contributed by atoms with Gasteiger partial charge in [0.05, 0.1) is 12.2 Å². The first-order chi connectivity index (χ1) is 13.9. The summed E-state index contributed by atoms with van der Waals surface area (Å²) in [6.45, 7) is 5.11. The molecule has 4 rings (SSSR count). The Morgan fingerprint density at radius 1 is 1.21 bits per heavy atom. The maximum Gasteiger partial charge on any atom is 0.264 e. The highest BCUT2D eigenvalue weighted by molar-refractivity contribution is 6.31. The number of para-hydroxylation sites is 1. The summed E-state index contributed by atoms with van der Waals surface area (Å²) in [7, 11) is 1.82. The Balaban J connectivity index is 1.47. The molecule has 1 aliphatic heterocycles. The molecule has 2 heterocycles. The van der Waals surface area contributed by atoms with Crippen LogP contribution in [0.2, 0.25) is 5.02 Å². The first-order valence-corrected chi connectivity index (χ1v) is 10.1. The van der Waals surface area contributed by atoms with E-state index >= 15 is 0 Å². The zero-order chi connectivity index (χ0) is 20.5. The number of likely N-dealkylation sites (N-methyl/N-ethyl adjacent to an activating group) is 1. The van der Waals surface area contributed by atoms with Crippen LogP contribution in [0.15, 0.2) is 48.5 Å². The fourth-order valence-electron chi connectivity index (χ4n) is 3.79. The van der Waals surface area contributed by atoms with Crippen LogP contribution in [-0.4, -0.2) is 33.7 Å². The summed E-state index contributed by atoms with van der Waals surface area (Å²) in [6, 6.07) is 15.6. The van der Waals surface area contributed by atoms with Crippen molar-refractivity contribution in [2.24, 2.45) is 0 Å². The van der Waals surface area contributed by atoms with Gasteiger partial charge in [0.1, 0.15) is 5.75 Å². The van der Waals surface area contributed by atoms with Crippen molar-refractivity contribution in [1.82, 2.24) is 14.7 Å². The van der Waals surface area contributed by atoms with Gasteiger partial charge < -0.3 is 9.64 Å². The number of carbonyl (C=O) groups is 1. The van der Waals surface area contributed by atoms with Gasteiger partial charge in [-0.1, -0.05) is 48.0 Å². The van der Waals surface area contributed by atoms with Gasteiger partial charge in [-0.15, -0.1) is 0 Å². The van der Waals surface area contributed by atoms with E-state index in [4.69, 9.17) is 16.3 Å². The summed E-state index contributed by atoms with van der Waals surface area (Å²) in [5.41, 5.74) is 5.12. The predicted octanol–water partition coefficient (Wildman–Crippen LogP) is 4.16. The maximum absolute atomic E-state index is 12.9. The van der Waals surface area contributed by atoms with Crippen molar-refractivity contribution in [3.8, 4) is 5.75 Å². The molecule has 0 N–H and O–H groups in total. The Morgan fingerprint density at radius 2 is 1.93 bits per heavy atom. The number of hydrogen-bond acceptors (Lipinski definition) is 3. The van der Waals surface area contributed by atoms with Gasteiger partial charge in [-0.3, -0.25) is 9.48 Å². The Morgan fingerprint density at radius 3 is 2.69 bits per heavy atom. The molecule has 1 aromatic heterocycles. The van der Waals surface area contributed by atoms with Crippen molar-refractivity contribution in [3.63, 3.8) is 0 Å². The number of fused-ring (bicyclic) bond motifs is 1. The van der Waals surface area contributed by atoms with Crippen LogP contribution in [-0.2, 0) is 24.3 Å². The number of amides is 1. The molecule has 6 heteroatoms. The third-order valence-electron chi connectivity index (χ3n) is 5.50. The fraction of sp³-hybridized carbons (Fsp3) is 0.304. The van der Waals surface area contributed by atoms with Gasteiger partial charge in [-0.2, -0.15) is 5.10 Å². The summed E-state index contributed by atoms with van der Waals surface area (Å²) < 4.78 is 7.81. The van der Waals surface area contributed by atoms with E-state index in [2.05, 4.69) is 5.10 Å². The number of rotatable bonds is 5. The molecule has 0 spiro atoms. The second-order valence-corrected chi connectivity index (χ2v) is 7.92. The lowest BCUT2D eigenvalue weighted by Gasteiger charge is -2.21. The van der Waals surface area contributed by atoms with E-state index < -0.39 is 6.10 Å². The van der Waals surface area contributed by atoms with Gasteiger partial charge in [0.25, 0.3) is 5.91 Å². The van der Waals surface area contributed by atoms with E-state index in [0.717, 1.165) is 38.9 Å². The molecular formula is C23H24ClN3O2. The van der Waals surface area contributed by atoms with E-state index in [1.165, 1.54) is 0 Å². The first-order valence-electron chi connectivity index (χ1n) is 9.70. The minimum Gasteiger partial charge on any atom is -0.480 e. The van der Waals surface area contributed by atoms with E-state index in [1.54, 1.807) is 4.90 Å². The third kappa shape index (κ3) is 3.87. The molecule has 150 valence electrons. The standard InChI is InChI=1S/C23H24ClN3O2/c1-15-19(16(2)27(25-15)13-18-9-4-6-10-20(18)24)14-26(3)23(28)22-12-17-8-5-7-11-21(17)29-22/h4-11,22H,12-14H2,1-3H3/t22-/m1/s1. The number of carbonyl (C=O) groups excluding carboxylic acids is 1. The zero-order valence-corrected chi connectivity index (χ0v) is 17.6. The molecule has 3 aromatic rings. The molecular weight excluding hydrogens is 386 g/mol. The molecule has 1 aliphatic rings. The minimum atomic E-state index is -0.462. The maximum atomic E-state index is 12.9. The molecule has 0 unspecified atom stereocenters. The van der Waals surface area contributed by atoms with Gasteiger partial charge in [0, 0.05) is 36.3 Å². The van der Waals surface area contributed by atoms with Crippen LogP contribution in [0.1, 0.15) is 28.1 Å². The highest BCUT2D eigenvalue weighted by Crippen LogP contribution is 2.29. The minimum absolute atomic E-state index is 0.0150. The summed E-state index contributed by atoms with van der Waals surface area (Å²) in [6.07, 6.45) is 0.152. The topological polar surface area (TPSA) is 47.4 Å². The van der Waals surface area contributed by atoms with E-state index in [0.29, 0.717) is 19.5 Å². The van der Waals surface area contributed by atoms with Gasteiger partial charge in [0.2, 0.25) is 0 Å². The highest BCUT2D eigenvalue weighted by Gasteiger charge is 2.31. The smallest absolute Gasteiger partial charge is 0.264 e. The van der Waals surface area contributed by atoms with Crippen LogP contribution in [0.25, 0.3) is 0 Å². The van der Waals surface area contributed by atoms with Gasteiger partial charge in [0.15, 0.2) is 6.10 Å². The molecule has 0 radical (unpaired) electrons. The molecule has 5 nitrogen and oxygen atoms in total. The van der Waals surface area contributed by atoms with Crippen molar-refractivity contribution < 1.29 is 9.53 Å². The quantitative estimate of drug-likeness (QED) is 0.635. The Kier molecular flexibility index (Phi) is 5.33. The number of hydrogen-bond donors (Lipinski definition) is 0. The second-order valence-electron chi connectivity index (χ2n) is 7.51. The van der Waals surface area contributed by atoms with Gasteiger partial charge in [-0.25, -0.2) is 0 Å². The molecule has 0 saturated heterocycles. The first kappa shape index (κ1) is 19.5. The average molecular weight is 410 g/mol. The molecule has 1 amide bonds. The molecule has 0 bridgehead atoms. The monoisotopic (exact) mass is 409 g/mol. The molecule has 1 atom stereocenters. The number of aryl methyl sites for hydroxylation is 1. The predicted molar refractivity (Wildman–Crippen MR) is 113 cm³/mol. The van der Waals surface area contributed by atoms with Crippen LogP contribution in [0.3, 0.4) is 0 Å². The molecule has 29 heavy (non-hydrogen) atoms. The number of nitrogens with zero attached hydrogens (tertiary/aromatic N) is 3. The number of ether oxygens (including phenoxy) is 1. The molecule has 2 aromatic carbocycles. The van der Waals surface area contributed by atoms with Crippen LogP contribution >= 0.6 is 11.6 Å². The van der Waals surface area contributed by atoms with Crippen molar-refractivity contribution >= 4 is 17.5 Å². The van der Waals surface area contributed by atoms with Crippen molar-refractivity contribution in [1.29, 1.82) is 0 Å². The number of halogens is 1. The fourth-order valence-corrected chi connectivity index (χ4v) is 3.98.